The van der Waals surface area contributed by atoms with E-state index >= 15 is 0 Å². The molecule has 0 saturated carbocycles. The van der Waals surface area contributed by atoms with E-state index in [-0.39, 0.29) is 6.03 Å². The predicted molar refractivity (Wildman–Crippen MR) is 77.7 cm³/mol. The molecule has 1 heterocycles. The highest BCUT2D eigenvalue weighted by Gasteiger charge is 2.26. The van der Waals surface area contributed by atoms with Crippen LogP contribution in [-0.4, -0.2) is 30.0 Å². The van der Waals surface area contributed by atoms with Crippen LogP contribution in [0.4, 0.5) is 10.5 Å². The molecule has 4 nitrogen and oxygen atoms in total. The van der Waals surface area contributed by atoms with Gasteiger partial charge in [-0.05, 0) is 24.3 Å². The molecule has 1 aromatic carbocycles. The van der Waals surface area contributed by atoms with Crippen LogP contribution in [0.2, 0.25) is 5.02 Å². The second-order valence-corrected chi connectivity index (χ2v) is 5.76. The van der Waals surface area contributed by atoms with Gasteiger partial charge in [0.2, 0.25) is 0 Å². The number of benzene rings is 1. The van der Waals surface area contributed by atoms with E-state index in [9.17, 15) is 4.79 Å². The molecule has 0 unspecified atom stereocenters. The highest BCUT2D eigenvalue weighted by Crippen LogP contribution is 2.27. The van der Waals surface area contributed by atoms with Crippen LogP contribution < -0.4 is 10.2 Å². The number of rotatable bonds is 1. The maximum Gasteiger partial charge on any atom is 0.327 e. The fourth-order valence-electron chi connectivity index (χ4n) is 1.60. The summed E-state index contributed by atoms with van der Waals surface area (Å²) in [4.78, 5) is 17.9. The van der Waals surface area contributed by atoms with E-state index in [0.29, 0.717) is 10.3 Å². The summed E-state index contributed by atoms with van der Waals surface area (Å²) in [5.74, 6) is 0. The normalized spacial score (nSPS) is 18.4. The van der Waals surface area contributed by atoms with Crippen LogP contribution in [0.1, 0.15) is 6.92 Å². The number of hydrogen-bond donors (Lipinski definition) is 1. The number of thioether (sulfide) groups is 1. The van der Waals surface area contributed by atoms with Gasteiger partial charge in [0.25, 0.3) is 0 Å². The number of carbonyl (C=O) groups excluding carboxylic acids is 1. The number of anilines is 1. The number of urea groups is 1. The molecule has 6 heteroatoms. The first-order valence-corrected chi connectivity index (χ1v) is 6.86. The van der Waals surface area contributed by atoms with Crippen LogP contribution in [0.3, 0.4) is 0 Å². The Bertz CT molecular complexity index is 475. The van der Waals surface area contributed by atoms with Crippen molar-refractivity contribution in [3.63, 3.8) is 0 Å². The molecule has 2 rings (SSSR count). The lowest BCUT2D eigenvalue weighted by Gasteiger charge is -2.21. The Labute approximate surface area is 115 Å². The van der Waals surface area contributed by atoms with Crippen LogP contribution in [0.5, 0.6) is 0 Å². The van der Waals surface area contributed by atoms with E-state index < -0.39 is 0 Å². The van der Waals surface area contributed by atoms with Gasteiger partial charge in [0.15, 0.2) is 5.17 Å². The van der Waals surface area contributed by atoms with Crippen LogP contribution >= 0.6 is 23.4 Å². The second-order valence-electron chi connectivity index (χ2n) is 3.92. The number of halogens is 1. The van der Waals surface area contributed by atoms with Gasteiger partial charge < -0.3 is 5.32 Å². The Morgan fingerprint density at radius 3 is 2.67 bits per heavy atom. The molecule has 1 atom stereocenters. The summed E-state index contributed by atoms with van der Waals surface area (Å²) in [6.45, 7) is 2.83. The van der Waals surface area contributed by atoms with Gasteiger partial charge in [0.1, 0.15) is 0 Å². The fourth-order valence-corrected chi connectivity index (χ4v) is 2.68. The van der Waals surface area contributed by atoms with Gasteiger partial charge in [-0.1, -0.05) is 30.3 Å². The van der Waals surface area contributed by atoms with Gasteiger partial charge in [-0.3, -0.25) is 4.99 Å². The highest BCUT2D eigenvalue weighted by molar-refractivity contribution is 8.15. The maximum atomic E-state index is 12.0. The van der Waals surface area contributed by atoms with Gasteiger partial charge in [-0.25, -0.2) is 9.69 Å². The highest BCUT2D eigenvalue weighted by atomic mass is 35.5. The van der Waals surface area contributed by atoms with Crippen molar-refractivity contribution in [1.29, 1.82) is 0 Å². The average Bonchev–Trinajstić information content (AvgIpc) is 2.78. The van der Waals surface area contributed by atoms with Crippen molar-refractivity contribution in [1.82, 2.24) is 5.32 Å². The molecule has 0 aliphatic carbocycles. The number of nitrogens with one attached hydrogen (secondary N) is 1. The fraction of sp³-hybridized carbons (Fsp3) is 0.333. The minimum absolute atomic E-state index is 0.197. The van der Waals surface area contributed by atoms with E-state index in [2.05, 4.69) is 17.2 Å². The molecule has 18 heavy (non-hydrogen) atoms. The number of hydrogen-bond acceptors (Lipinski definition) is 3. The average molecular weight is 284 g/mol. The van der Waals surface area contributed by atoms with Crippen molar-refractivity contribution < 1.29 is 4.79 Å². The zero-order valence-corrected chi connectivity index (χ0v) is 11.8. The topological polar surface area (TPSA) is 44.7 Å². The molecule has 2 amide bonds. The van der Waals surface area contributed by atoms with Crippen LogP contribution in [0, 0.1) is 0 Å². The van der Waals surface area contributed by atoms with E-state index in [0.717, 1.165) is 17.4 Å². The SMILES string of the molecule is CNC(=O)N(C1=NC[C@@H](C)S1)c1ccc(Cl)cc1. The Hall–Kier alpha value is -1.20. The lowest BCUT2D eigenvalue weighted by atomic mass is 10.3. The molecule has 0 aromatic heterocycles. The quantitative estimate of drug-likeness (QED) is 0.861. The van der Waals surface area contributed by atoms with Gasteiger partial charge >= 0.3 is 6.03 Å². The summed E-state index contributed by atoms with van der Waals surface area (Å²) in [6, 6.07) is 6.94. The smallest absolute Gasteiger partial charge is 0.327 e. The Kier molecular flexibility index (Phi) is 4.14. The molecule has 96 valence electrons. The molecule has 0 spiro atoms. The third-order valence-corrected chi connectivity index (χ3v) is 3.81. The lowest BCUT2D eigenvalue weighted by molar-refractivity contribution is 0.251. The third-order valence-electron chi connectivity index (χ3n) is 2.48. The molecule has 1 aromatic rings. The second kappa shape index (κ2) is 5.63. The molecule has 0 radical (unpaired) electrons. The molecule has 1 aliphatic rings. The van der Waals surface area contributed by atoms with Crippen molar-refractivity contribution in [3.05, 3.63) is 29.3 Å². The number of amides is 2. The van der Waals surface area contributed by atoms with Crippen LogP contribution in [0.15, 0.2) is 29.3 Å². The minimum Gasteiger partial charge on any atom is -0.340 e. The Morgan fingerprint density at radius 1 is 1.50 bits per heavy atom. The van der Waals surface area contributed by atoms with E-state index in [4.69, 9.17) is 11.6 Å². The van der Waals surface area contributed by atoms with Gasteiger partial charge in [-0.2, -0.15) is 0 Å². The van der Waals surface area contributed by atoms with Gasteiger partial charge in [0.05, 0.1) is 12.2 Å². The summed E-state index contributed by atoms with van der Waals surface area (Å²) < 4.78 is 0. The van der Waals surface area contributed by atoms with Gasteiger partial charge in [0, 0.05) is 17.3 Å². The number of amidine groups is 1. The van der Waals surface area contributed by atoms with Crippen molar-refractivity contribution in [2.75, 3.05) is 18.5 Å². The summed E-state index contributed by atoms with van der Waals surface area (Å²) in [7, 11) is 1.61. The van der Waals surface area contributed by atoms with Crippen molar-refractivity contribution in [3.8, 4) is 0 Å². The summed E-state index contributed by atoms with van der Waals surface area (Å²) in [5, 5.41) is 4.40. The van der Waals surface area contributed by atoms with Crippen molar-refractivity contribution in [2.24, 2.45) is 4.99 Å². The van der Waals surface area contributed by atoms with Crippen LogP contribution in [0.25, 0.3) is 0 Å². The Balaban J connectivity index is 2.31. The summed E-state index contributed by atoms with van der Waals surface area (Å²) in [6.07, 6.45) is 0. The number of carbonyl (C=O) groups is 1. The number of aliphatic imine (C=N–C) groups is 1. The zero-order valence-electron chi connectivity index (χ0n) is 10.2. The summed E-state index contributed by atoms with van der Waals surface area (Å²) >= 11 is 7.46. The number of nitrogens with zero attached hydrogens (tertiary/aromatic N) is 2. The third kappa shape index (κ3) is 2.79. The first-order chi connectivity index (χ1) is 8.61. The first-order valence-electron chi connectivity index (χ1n) is 5.60. The van der Waals surface area contributed by atoms with E-state index in [1.807, 2.05) is 12.1 Å². The molecular weight excluding hydrogens is 270 g/mol. The molecule has 1 aliphatic heterocycles. The van der Waals surface area contributed by atoms with Gasteiger partial charge in [-0.15, -0.1) is 0 Å². The monoisotopic (exact) mass is 283 g/mol. The van der Waals surface area contributed by atoms with E-state index in [1.165, 1.54) is 0 Å². The van der Waals surface area contributed by atoms with Crippen LogP contribution in [-0.2, 0) is 0 Å². The molecule has 0 bridgehead atoms. The van der Waals surface area contributed by atoms with Crippen molar-refractivity contribution >= 4 is 40.2 Å². The molecular formula is C12H14ClN3OS. The predicted octanol–water partition coefficient (Wildman–Crippen LogP) is 2.98. The molecule has 0 saturated heterocycles. The summed E-state index contributed by atoms with van der Waals surface area (Å²) in [5.41, 5.74) is 0.763. The zero-order chi connectivity index (χ0) is 13.1. The minimum atomic E-state index is -0.197. The standard InChI is InChI=1S/C12H14ClN3OS/c1-8-7-15-12(18-8)16(11(17)14-2)10-5-3-9(13)4-6-10/h3-6,8H,7H2,1-2H3,(H,14,17)/t8-/m1/s1. The Morgan fingerprint density at radius 2 is 2.17 bits per heavy atom. The maximum absolute atomic E-state index is 12.0. The van der Waals surface area contributed by atoms with Crippen molar-refractivity contribution in [2.45, 2.75) is 12.2 Å². The molecule has 0 fully saturated rings. The largest absolute Gasteiger partial charge is 0.340 e. The molecule has 1 N–H and O–H groups in total. The first kappa shape index (κ1) is 13.2. The lowest BCUT2D eigenvalue weighted by Crippen LogP contribution is -2.41. The van der Waals surface area contributed by atoms with E-state index in [1.54, 1.807) is 35.8 Å².